The van der Waals surface area contributed by atoms with E-state index in [9.17, 15) is 14.7 Å². The number of hydrogen-bond donors (Lipinski definition) is 3. The average molecular weight is 328 g/mol. The fourth-order valence-electron chi connectivity index (χ4n) is 2.83. The van der Waals surface area contributed by atoms with Gasteiger partial charge < -0.3 is 14.6 Å². The van der Waals surface area contributed by atoms with Crippen LogP contribution in [-0.2, 0) is 6.42 Å². The molecule has 0 atom stereocenters. The number of aromatic carboxylic acids is 1. The highest BCUT2D eigenvalue weighted by molar-refractivity contribution is 6.06. The third kappa shape index (κ3) is 2.76. The number of carbonyl (C=O) groups excluding carboxylic acids is 1. The first kappa shape index (κ1) is 15.8. The molecule has 24 heavy (non-hydrogen) atoms. The van der Waals surface area contributed by atoms with Crippen LogP contribution in [0.15, 0.2) is 33.8 Å². The highest BCUT2D eigenvalue weighted by Gasteiger charge is 2.27. The number of carboxylic acids is 1. The number of aromatic hydroxyl groups is 1. The second kappa shape index (κ2) is 6.19. The van der Waals surface area contributed by atoms with Gasteiger partial charge in [-0.15, -0.1) is 0 Å². The highest BCUT2D eigenvalue weighted by Crippen LogP contribution is 2.29. The van der Waals surface area contributed by atoms with E-state index in [0.717, 1.165) is 6.42 Å². The Morgan fingerprint density at radius 3 is 2.71 bits per heavy atom. The summed E-state index contributed by atoms with van der Waals surface area (Å²) >= 11 is 0. The van der Waals surface area contributed by atoms with Crippen LogP contribution < -0.4 is 5.43 Å². The molecule has 2 aromatic rings. The lowest BCUT2D eigenvalue weighted by Crippen LogP contribution is -2.22. The van der Waals surface area contributed by atoms with Crippen LogP contribution in [-0.4, -0.2) is 27.8 Å². The normalized spacial score (nSPS) is 15.1. The molecule has 0 fully saturated rings. The van der Waals surface area contributed by atoms with Gasteiger partial charge in [-0.05, 0) is 31.9 Å². The first-order chi connectivity index (χ1) is 11.5. The largest absolute Gasteiger partial charge is 0.507 e. The van der Waals surface area contributed by atoms with Crippen LogP contribution in [0, 0.1) is 6.92 Å². The number of phenolic OH excluding ortho intramolecular Hbond substituents is 1. The Bertz CT molecular complexity index is 851. The van der Waals surface area contributed by atoms with Crippen molar-refractivity contribution in [3.8, 4) is 5.75 Å². The zero-order chi connectivity index (χ0) is 17.3. The first-order valence-corrected chi connectivity index (χ1v) is 7.50. The van der Waals surface area contributed by atoms with E-state index in [4.69, 9.17) is 9.52 Å². The average Bonchev–Trinajstić information content (AvgIpc) is 2.91. The SMILES string of the molecule is Cc1c(C(=O)O)oc2c1/C(=N/NC(=O)c1ccccc1O)CCC2. The predicted octanol–water partition coefficient (Wildman–Crippen LogP) is 2.46. The Balaban J connectivity index is 1.89. The van der Waals surface area contributed by atoms with E-state index in [-0.39, 0.29) is 17.1 Å². The molecule has 1 aliphatic rings. The summed E-state index contributed by atoms with van der Waals surface area (Å²) in [4.78, 5) is 23.3. The number of hydrogen-bond acceptors (Lipinski definition) is 5. The van der Waals surface area contributed by atoms with Gasteiger partial charge in [0.25, 0.3) is 5.91 Å². The second-order valence-electron chi connectivity index (χ2n) is 5.53. The van der Waals surface area contributed by atoms with Gasteiger partial charge in [0.05, 0.1) is 11.3 Å². The van der Waals surface area contributed by atoms with Gasteiger partial charge in [0.15, 0.2) is 0 Å². The number of nitrogens with one attached hydrogen (secondary N) is 1. The summed E-state index contributed by atoms with van der Waals surface area (Å²) in [5.41, 5.74) is 4.27. The lowest BCUT2D eigenvalue weighted by atomic mass is 9.93. The summed E-state index contributed by atoms with van der Waals surface area (Å²) < 4.78 is 5.41. The molecular weight excluding hydrogens is 312 g/mol. The number of benzene rings is 1. The van der Waals surface area contributed by atoms with Crippen molar-refractivity contribution in [1.82, 2.24) is 5.43 Å². The molecular formula is C17H16N2O5. The van der Waals surface area contributed by atoms with Crippen LogP contribution >= 0.6 is 0 Å². The maximum absolute atomic E-state index is 12.1. The molecule has 0 spiro atoms. The Morgan fingerprint density at radius 1 is 1.25 bits per heavy atom. The van der Waals surface area contributed by atoms with Gasteiger partial charge in [-0.1, -0.05) is 12.1 Å². The highest BCUT2D eigenvalue weighted by atomic mass is 16.4. The fourth-order valence-corrected chi connectivity index (χ4v) is 2.83. The third-order valence-electron chi connectivity index (χ3n) is 3.96. The van der Waals surface area contributed by atoms with Crippen molar-refractivity contribution >= 4 is 17.6 Å². The number of hydrazone groups is 1. The van der Waals surface area contributed by atoms with Gasteiger partial charge in [0, 0.05) is 17.5 Å². The van der Waals surface area contributed by atoms with E-state index >= 15 is 0 Å². The minimum Gasteiger partial charge on any atom is -0.507 e. The lowest BCUT2D eigenvalue weighted by Gasteiger charge is -2.13. The zero-order valence-electron chi connectivity index (χ0n) is 13.0. The molecule has 7 nitrogen and oxygen atoms in total. The minimum absolute atomic E-state index is 0.0957. The van der Waals surface area contributed by atoms with Crippen molar-refractivity contribution in [3.05, 3.63) is 52.5 Å². The first-order valence-electron chi connectivity index (χ1n) is 7.50. The van der Waals surface area contributed by atoms with E-state index in [1.807, 2.05) is 0 Å². The van der Waals surface area contributed by atoms with Crippen molar-refractivity contribution < 1.29 is 24.2 Å². The van der Waals surface area contributed by atoms with Gasteiger partial charge in [-0.2, -0.15) is 5.10 Å². The molecule has 3 N–H and O–H groups in total. The maximum Gasteiger partial charge on any atom is 0.372 e. The third-order valence-corrected chi connectivity index (χ3v) is 3.96. The molecule has 1 heterocycles. The lowest BCUT2D eigenvalue weighted by molar-refractivity contribution is 0.0659. The topological polar surface area (TPSA) is 112 Å². The molecule has 0 bridgehead atoms. The molecule has 1 aromatic heterocycles. The van der Waals surface area contributed by atoms with Gasteiger partial charge in [0.1, 0.15) is 11.5 Å². The predicted molar refractivity (Wildman–Crippen MR) is 85.5 cm³/mol. The summed E-state index contributed by atoms with van der Waals surface area (Å²) in [5.74, 6) is -1.31. The molecule has 0 saturated carbocycles. The number of aryl methyl sites for hydroxylation is 1. The van der Waals surface area contributed by atoms with Crippen LogP contribution in [0.1, 0.15) is 50.6 Å². The number of rotatable bonds is 3. The number of para-hydroxylation sites is 1. The summed E-state index contributed by atoms with van der Waals surface area (Å²) in [7, 11) is 0. The smallest absolute Gasteiger partial charge is 0.372 e. The van der Waals surface area contributed by atoms with Crippen LogP contribution in [0.4, 0.5) is 0 Å². The van der Waals surface area contributed by atoms with Gasteiger partial charge in [-0.3, -0.25) is 4.79 Å². The van der Waals surface area contributed by atoms with E-state index in [0.29, 0.717) is 35.4 Å². The monoisotopic (exact) mass is 328 g/mol. The minimum atomic E-state index is -1.13. The fraction of sp³-hybridized carbons (Fsp3) is 0.235. The zero-order valence-corrected chi connectivity index (χ0v) is 13.0. The quantitative estimate of drug-likeness (QED) is 0.749. The summed E-state index contributed by atoms with van der Waals surface area (Å²) in [5, 5.41) is 23.0. The van der Waals surface area contributed by atoms with Crippen LogP contribution in [0.25, 0.3) is 0 Å². The van der Waals surface area contributed by atoms with Crippen LogP contribution in [0.2, 0.25) is 0 Å². The Labute approximate surface area is 137 Å². The van der Waals surface area contributed by atoms with Crippen molar-refractivity contribution in [3.63, 3.8) is 0 Å². The molecule has 1 aliphatic carbocycles. The van der Waals surface area contributed by atoms with E-state index in [1.165, 1.54) is 12.1 Å². The Hall–Kier alpha value is -3.09. The van der Waals surface area contributed by atoms with Crippen molar-refractivity contribution in [1.29, 1.82) is 0 Å². The molecule has 124 valence electrons. The summed E-state index contributed by atoms with van der Waals surface area (Å²) in [6.07, 6.45) is 1.99. The molecule has 0 saturated heterocycles. The van der Waals surface area contributed by atoms with Gasteiger partial charge in [0.2, 0.25) is 5.76 Å². The Morgan fingerprint density at radius 2 is 2.00 bits per heavy atom. The molecule has 3 rings (SSSR count). The van der Waals surface area contributed by atoms with Gasteiger partial charge in [-0.25, -0.2) is 10.2 Å². The summed E-state index contributed by atoms with van der Waals surface area (Å²) in [6, 6.07) is 6.16. The number of amides is 1. The number of furan rings is 1. The van der Waals surface area contributed by atoms with Gasteiger partial charge >= 0.3 is 5.97 Å². The van der Waals surface area contributed by atoms with E-state index in [2.05, 4.69) is 10.5 Å². The number of carbonyl (C=O) groups is 2. The van der Waals surface area contributed by atoms with Crippen LogP contribution in [0.5, 0.6) is 5.75 Å². The number of carboxylic acid groups (broad SMARTS) is 1. The van der Waals surface area contributed by atoms with E-state index in [1.54, 1.807) is 19.1 Å². The van der Waals surface area contributed by atoms with Crippen LogP contribution in [0.3, 0.4) is 0 Å². The number of nitrogens with zero attached hydrogens (tertiary/aromatic N) is 1. The molecule has 1 aromatic carbocycles. The molecule has 0 unspecified atom stereocenters. The van der Waals surface area contributed by atoms with E-state index < -0.39 is 11.9 Å². The number of phenols is 1. The van der Waals surface area contributed by atoms with Crippen molar-refractivity contribution in [2.24, 2.45) is 5.10 Å². The molecule has 7 heteroatoms. The van der Waals surface area contributed by atoms with Crippen molar-refractivity contribution in [2.75, 3.05) is 0 Å². The standard InChI is InChI=1S/C17H16N2O5/c1-9-14-11(6-4-8-13(14)24-15(9)17(22)23)18-19-16(21)10-5-2-3-7-12(10)20/h2-3,5,7,20H,4,6,8H2,1H3,(H,19,21)(H,22,23)/b18-11+. The molecule has 0 aliphatic heterocycles. The second-order valence-corrected chi connectivity index (χ2v) is 5.53. The van der Waals surface area contributed by atoms with Crippen molar-refractivity contribution in [2.45, 2.75) is 26.2 Å². The number of fused-ring (bicyclic) bond motifs is 1. The molecule has 0 radical (unpaired) electrons. The Kier molecular flexibility index (Phi) is 4.07. The maximum atomic E-state index is 12.1. The molecule has 1 amide bonds. The summed E-state index contributed by atoms with van der Waals surface area (Å²) in [6.45, 7) is 1.66.